The normalized spacial score (nSPS) is 27.9. The van der Waals surface area contributed by atoms with E-state index in [-0.39, 0.29) is 16.7 Å². The second-order valence-electron chi connectivity index (χ2n) is 9.51. The van der Waals surface area contributed by atoms with E-state index in [9.17, 15) is 4.79 Å². The average molecular weight is 375 g/mol. The molecule has 1 aromatic heterocycles. The first-order valence-electron chi connectivity index (χ1n) is 10.6. The van der Waals surface area contributed by atoms with Crippen LogP contribution in [0, 0.1) is 5.41 Å². The predicted octanol–water partition coefficient (Wildman–Crippen LogP) is 2.57. The van der Waals surface area contributed by atoms with Gasteiger partial charge >= 0.3 is 0 Å². The molecule has 3 fully saturated rings. The smallest absolute Gasteiger partial charge is 0.255 e. The van der Waals surface area contributed by atoms with E-state index < -0.39 is 0 Å². The van der Waals surface area contributed by atoms with Crippen molar-refractivity contribution in [2.24, 2.45) is 5.41 Å². The standard InChI is InChI=1S/C21H34N4O2/c1-5-25-14-15(18(23-25)20(2,3)4)19(26)22-16-13-17(21(16)7-6-8-21)24-9-11-27-12-10-24/h14,16-17H,5-13H2,1-4H3,(H,22,26)/t16-,17-/m1/s1. The highest BCUT2D eigenvalue weighted by molar-refractivity contribution is 5.95. The maximum absolute atomic E-state index is 13.2. The summed E-state index contributed by atoms with van der Waals surface area (Å²) in [6.45, 7) is 13.0. The molecule has 2 atom stereocenters. The maximum Gasteiger partial charge on any atom is 0.255 e. The van der Waals surface area contributed by atoms with Crippen molar-refractivity contribution in [3.8, 4) is 0 Å². The molecule has 4 rings (SSSR count). The van der Waals surface area contributed by atoms with Gasteiger partial charge in [-0.15, -0.1) is 0 Å². The molecular formula is C21H34N4O2. The van der Waals surface area contributed by atoms with Crippen LogP contribution < -0.4 is 5.32 Å². The minimum Gasteiger partial charge on any atom is -0.379 e. The molecule has 0 aromatic carbocycles. The second-order valence-corrected chi connectivity index (χ2v) is 9.51. The summed E-state index contributed by atoms with van der Waals surface area (Å²) in [5, 5.41) is 8.06. The van der Waals surface area contributed by atoms with E-state index in [0.717, 1.165) is 50.5 Å². The summed E-state index contributed by atoms with van der Waals surface area (Å²) >= 11 is 0. The van der Waals surface area contributed by atoms with Crippen molar-refractivity contribution < 1.29 is 9.53 Å². The fraction of sp³-hybridized carbons (Fsp3) is 0.810. The highest BCUT2D eigenvalue weighted by atomic mass is 16.5. The van der Waals surface area contributed by atoms with Crippen molar-refractivity contribution in [2.45, 2.75) is 77.4 Å². The Morgan fingerprint density at radius 3 is 2.59 bits per heavy atom. The van der Waals surface area contributed by atoms with Crippen molar-refractivity contribution in [1.82, 2.24) is 20.0 Å². The molecule has 0 bridgehead atoms. The number of aromatic nitrogens is 2. The Bertz CT molecular complexity index is 696. The number of nitrogens with zero attached hydrogens (tertiary/aromatic N) is 3. The predicted molar refractivity (Wildman–Crippen MR) is 105 cm³/mol. The Morgan fingerprint density at radius 2 is 2.04 bits per heavy atom. The van der Waals surface area contributed by atoms with Gasteiger partial charge in [-0.3, -0.25) is 14.4 Å². The summed E-state index contributed by atoms with van der Waals surface area (Å²) < 4.78 is 7.41. The number of hydrogen-bond donors (Lipinski definition) is 1. The lowest BCUT2D eigenvalue weighted by Gasteiger charge is -2.64. The molecule has 0 unspecified atom stereocenters. The lowest BCUT2D eigenvalue weighted by atomic mass is 9.49. The number of carbonyl (C=O) groups is 1. The Labute approximate surface area is 162 Å². The number of rotatable bonds is 4. The van der Waals surface area contributed by atoms with Crippen LogP contribution in [0.2, 0.25) is 0 Å². The first-order valence-corrected chi connectivity index (χ1v) is 10.6. The van der Waals surface area contributed by atoms with Crippen LogP contribution in [-0.2, 0) is 16.7 Å². The number of carbonyl (C=O) groups excluding carboxylic acids is 1. The van der Waals surface area contributed by atoms with Gasteiger partial charge in [-0.05, 0) is 26.2 Å². The van der Waals surface area contributed by atoms with Crippen molar-refractivity contribution >= 4 is 5.91 Å². The molecule has 27 heavy (non-hydrogen) atoms. The molecule has 2 heterocycles. The summed E-state index contributed by atoms with van der Waals surface area (Å²) in [5.41, 5.74) is 1.79. The molecule has 1 spiro atoms. The largest absolute Gasteiger partial charge is 0.379 e. The summed E-state index contributed by atoms with van der Waals surface area (Å²) in [6.07, 6.45) is 6.74. The third kappa shape index (κ3) is 3.21. The van der Waals surface area contributed by atoms with Gasteiger partial charge in [-0.25, -0.2) is 0 Å². The van der Waals surface area contributed by atoms with E-state index in [2.05, 4.69) is 43.0 Å². The van der Waals surface area contributed by atoms with Crippen LogP contribution in [0.3, 0.4) is 0 Å². The minimum atomic E-state index is -0.142. The molecule has 150 valence electrons. The summed E-state index contributed by atoms with van der Waals surface area (Å²) in [6, 6.07) is 0.908. The molecule has 1 amide bonds. The monoisotopic (exact) mass is 374 g/mol. The molecular weight excluding hydrogens is 340 g/mol. The highest BCUT2D eigenvalue weighted by Gasteiger charge is 2.60. The van der Waals surface area contributed by atoms with Crippen molar-refractivity contribution in [3.05, 3.63) is 17.5 Å². The topological polar surface area (TPSA) is 59.4 Å². The SMILES string of the molecule is CCn1cc(C(=O)N[C@@H]2C[C@@H](N3CCOCC3)C23CCC3)c(C(C)(C)C)n1. The van der Waals surface area contributed by atoms with Gasteiger partial charge in [0.15, 0.2) is 0 Å². The van der Waals surface area contributed by atoms with Crippen molar-refractivity contribution in [2.75, 3.05) is 26.3 Å². The number of aryl methyl sites for hydroxylation is 1. The summed E-state index contributed by atoms with van der Waals surface area (Å²) in [7, 11) is 0. The quantitative estimate of drug-likeness (QED) is 0.880. The zero-order valence-electron chi connectivity index (χ0n) is 17.3. The summed E-state index contributed by atoms with van der Waals surface area (Å²) in [5.74, 6) is 0.0522. The zero-order valence-corrected chi connectivity index (χ0v) is 17.3. The van der Waals surface area contributed by atoms with Crippen LogP contribution >= 0.6 is 0 Å². The van der Waals surface area contributed by atoms with Crippen LogP contribution in [0.1, 0.15) is 69.4 Å². The van der Waals surface area contributed by atoms with Crippen LogP contribution in [0.25, 0.3) is 0 Å². The van der Waals surface area contributed by atoms with Gasteiger partial charge in [-0.2, -0.15) is 5.10 Å². The van der Waals surface area contributed by atoms with Crippen LogP contribution in [0.4, 0.5) is 0 Å². The van der Waals surface area contributed by atoms with Gasteiger partial charge in [0.25, 0.3) is 5.91 Å². The first kappa shape index (κ1) is 18.9. The lowest BCUT2D eigenvalue weighted by molar-refractivity contribution is -0.131. The Hall–Kier alpha value is -1.40. The van der Waals surface area contributed by atoms with E-state index >= 15 is 0 Å². The molecule has 1 saturated heterocycles. The zero-order chi connectivity index (χ0) is 19.2. The van der Waals surface area contributed by atoms with Crippen molar-refractivity contribution in [1.29, 1.82) is 0 Å². The Morgan fingerprint density at radius 1 is 1.33 bits per heavy atom. The van der Waals surface area contributed by atoms with E-state index in [0.29, 0.717) is 12.1 Å². The van der Waals surface area contributed by atoms with Gasteiger partial charge in [0.05, 0.1) is 24.5 Å². The second kappa shape index (κ2) is 6.89. The van der Waals surface area contributed by atoms with Gasteiger partial charge in [0.1, 0.15) is 0 Å². The van der Waals surface area contributed by atoms with Crippen molar-refractivity contribution in [3.63, 3.8) is 0 Å². The molecule has 6 heteroatoms. The Balaban J connectivity index is 1.48. The Kier molecular flexibility index (Phi) is 4.83. The van der Waals surface area contributed by atoms with Crippen LogP contribution in [0.15, 0.2) is 6.20 Å². The van der Waals surface area contributed by atoms with Gasteiger partial charge in [-0.1, -0.05) is 27.2 Å². The molecule has 1 aromatic rings. The number of ether oxygens (including phenoxy) is 1. The minimum absolute atomic E-state index is 0.0522. The first-order chi connectivity index (χ1) is 12.8. The van der Waals surface area contributed by atoms with Gasteiger partial charge in [0, 0.05) is 48.7 Å². The molecule has 2 aliphatic carbocycles. The number of morpholine rings is 1. The van der Waals surface area contributed by atoms with E-state index in [1.54, 1.807) is 0 Å². The highest BCUT2D eigenvalue weighted by Crippen LogP contribution is 2.58. The van der Waals surface area contributed by atoms with E-state index in [4.69, 9.17) is 4.74 Å². The summed E-state index contributed by atoms with van der Waals surface area (Å²) in [4.78, 5) is 15.8. The molecule has 1 aliphatic heterocycles. The number of hydrogen-bond acceptors (Lipinski definition) is 4. The lowest BCUT2D eigenvalue weighted by Crippen LogP contribution is -2.72. The van der Waals surface area contributed by atoms with Crippen LogP contribution in [0.5, 0.6) is 0 Å². The van der Waals surface area contributed by atoms with E-state index in [1.165, 1.54) is 19.3 Å². The van der Waals surface area contributed by atoms with Gasteiger partial charge < -0.3 is 10.1 Å². The number of nitrogens with one attached hydrogen (secondary N) is 1. The fourth-order valence-corrected chi connectivity index (χ4v) is 5.18. The fourth-order valence-electron chi connectivity index (χ4n) is 5.18. The molecule has 2 saturated carbocycles. The maximum atomic E-state index is 13.2. The van der Waals surface area contributed by atoms with E-state index in [1.807, 2.05) is 10.9 Å². The third-order valence-corrected chi connectivity index (χ3v) is 6.93. The molecule has 0 radical (unpaired) electrons. The van der Waals surface area contributed by atoms with Gasteiger partial charge in [0.2, 0.25) is 0 Å². The molecule has 6 nitrogen and oxygen atoms in total. The molecule has 1 N–H and O–H groups in total. The molecule has 3 aliphatic rings. The number of amides is 1. The van der Waals surface area contributed by atoms with Crippen LogP contribution in [-0.4, -0.2) is 59.0 Å². The average Bonchev–Trinajstić information content (AvgIpc) is 3.02. The third-order valence-electron chi connectivity index (χ3n) is 6.93.